The average molecular weight is 403 g/mol. The van der Waals surface area contributed by atoms with E-state index in [1.165, 1.54) is 7.11 Å². The van der Waals surface area contributed by atoms with Gasteiger partial charge in [0.15, 0.2) is 0 Å². The monoisotopic (exact) mass is 403 g/mol. The van der Waals surface area contributed by atoms with E-state index in [2.05, 4.69) is 0 Å². The first-order valence-corrected chi connectivity index (χ1v) is 9.59. The van der Waals surface area contributed by atoms with Crippen molar-refractivity contribution in [2.24, 2.45) is 11.5 Å². The van der Waals surface area contributed by atoms with Crippen molar-refractivity contribution < 1.29 is 14.3 Å². The van der Waals surface area contributed by atoms with Gasteiger partial charge in [-0.25, -0.2) is 4.79 Å². The van der Waals surface area contributed by atoms with Crippen molar-refractivity contribution in [3.63, 3.8) is 0 Å². The number of carbonyl (C=O) groups is 1. The van der Waals surface area contributed by atoms with Crippen molar-refractivity contribution in [1.82, 2.24) is 0 Å². The Bertz CT molecular complexity index is 1060. The summed E-state index contributed by atoms with van der Waals surface area (Å²) in [5.41, 5.74) is 15.9. The first-order valence-electron chi connectivity index (χ1n) is 9.59. The van der Waals surface area contributed by atoms with Gasteiger partial charge in [-0.2, -0.15) is 0 Å². The summed E-state index contributed by atoms with van der Waals surface area (Å²) in [4.78, 5) is 12.2. The Morgan fingerprint density at radius 3 is 2.43 bits per heavy atom. The molecule has 6 nitrogen and oxygen atoms in total. The van der Waals surface area contributed by atoms with Gasteiger partial charge < -0.3 is 20.9 Å². The molecular weight excluding hydrogens is 378 g/mol. The number of ether oxygens (including phenoxy) is 2. The van der Waals surface area contributed by atoms with E-state index in [-0.39, 0.29) is 12.4 Å². The summed E-state index contributed by atoms with van der Waals surface area (Å²) in [6.07, 6.45) is 0.783. The van der Waals surface area contributed by atoms with Gasteiger partial charge in [-0.3, -0.25) is 5.41 Å². The molecular formula is C24H25N3O3. The molecule has 3 rings (SSSR count). The minimum atomic E-state index is -0.425. The van der Waals surface area contributed by atoms with Crippen molar-refractivity contribution in [2.75, 3.05) is 13.7 Å². The number of nitrogens with one attached hydrogen (secondary N) is 1. The molecule has 0 aromatic heterocycles. The number of hydrogen-bond donors (Lipinski definition) is 3. The van der Waals surface area contributed by atoms with Gasteiger partial charge in [0.25, 0.3) is 0 Å². The van der Waals surface area contributed by atoms with Gasteiger partial charge in [0, 0.05) is 5.56 Å². The lowest BCUT2D eigenvalue weighted by Gasteiger charge is -2.12. The zero-order valence-electron chi connectivity index (χ0n) is 16.9. The number of nitrogens with two attached hydrogens (primary N) is 2. The highest BCUT2D eigenvalue weighted by molar-refractivity contribution is 5.96. The smallest absolute Gasteiger partial charge is 0.337 e. The molecule has 3 aromatic carbocycles. The van der Waals surface area contributed by atoms with E-state index in [1.54, 1.807) is 18.2 Å². The van der Waals surface area contributed by atoms with Crippen molar-refractivity contribution >= 4 is 11.8 Å². The van der Waals surface area contributed by atoms with Gasteiger partial charge in [0.05, 0.1) is 12.7 Å². The molecule has 0 unspecified atom stereocenters. The molecule has 0 amide bonds. The molecule has 0 heterocycles. The Morgan fingerprint density at radius 2 is 1.70 bits per heavy atom. The van der Waals surface area contributed by atoms with Crippen LogP contribution in [0.25, 0.3) is 11.1 Å². The Hall–Kier alpha value is -3.64. The van der Waals surface area contributed by atoms with Crippen LogP contribution in [0.3, 0.4) is 0 Å². The topological polar surface area (TPSA) is 111 Å². The fourth-order valence-electron chi connectivity index (χ4n) is 3.17. The molecule has 30 heavy (non-hydrogen) atoms. The Morgan fingerprint density at radius 1 is 0.933 bits per heavy atom. The minimum absolute atomic E-state index is 0.0121. The summed E-state index contributed by atoms with van der Waals surface area (Å²) < 4.78 is 10.9. The van der Waals surface area contributed by atoms with Crippen LogP contribution in [0.5, 0.6) is 5.75 Å². The number of rotatable bonds is 8. The highest BCUT2D eigenvalue weighted by Gasteiger charge is 2.12. The van der Waals surface area contributed by atoms with Gasteiger partial charge in [-0.05, 0) is 71.6 Å². The van der Waals surface area contributed by atoms with E-state index < -0.39 is 5.97 Å². The van der Waals surface area contributed by atoms with E-state index in [0.29, 0.717) is 17.7 Å². The van der Waals surface area contributed by atoms with E-state index in [4.69, 9.17) is 26.4 Å². The van der Waals surface area contributed by atoms with Crippen LogP contribution in [-0.4, -0.2) is 25.5 Å². The second-order valence-corrected chi connectivity index (χ2v) is 6.88. The van der Waals surface area contributed by atoms with Crippen LogP contribution < -0.4 is 16.2 Å². The Balaban J connectivity index is 1.91. The summed E-state index contributed by atoms with van der Waals surface area (Å²) in [6.45, 7) is 0.865. The van der Waals surface area contributed by atoms with Gasteiger partial charge >= 0.3 is 5.97 Å². The number of carbonyl (C=O) groups excluding carboxylic acids is 1. The summed E-state index contributed by atoms with van der Waals surface area (Å²) in [6, 6.07) is 20.6. The number of amidine groups is 1. The molecule has 0 radical (unpaired) electrons. The predicted octanol–water partition coefficient (Wildman–Crippen LogP) is 3.50. The van der Waals surface area contributed by atoms with E-state index in [9.17, 15) is 4.79 Å². The fourth-order valence-corrected chi connectivity index (χ4v) is 3.17. The molecule has 0 saturated heterocycles. The number of methoxy groups -OCH3 is 1. The summed E-state index contributed by atoms with van der Waals surface area (Å²) >= 11 is 0. The number of hydrogen-bond acceptors (Lipinski definition) is 5. The van der Waals surface area contributed by atoms with Crippen LogP contribution in [0.2, 0.25) is 0 Å². The lowest BCUT2D eigenvalue weighted by atomic mass is 9.98. The third-order valence-corrected chi connectivity index (χ3v) is 4.66. The lowest BCUT2D eigenvalue weighted by Crippen LogP contribution is -2.10. The zero-order valence-corrected chi connectivity index (χ0v) is 16.9. The Labute approximate surface area is 175 Å². The lowest BCUT2D eigenvalue weighted by molar-refractivity contribution is 0.0600. The van der Waals surface area contributed by atoms with Gasteiger partial charge in [-0.1, -0.05) is 30.3 Å². The molecule has 6 heteroatoms. The first-order chi connectivity index (χ1) is 14.5. The van der Waals surface area contributed by atoms with Gasteiger partial charge in [-0.15, -0.1) is 0 Å². The standard InChI is InChI=1S/C24H25N3O3/c1-29-24(28)21-11-17(15-30-22-7-2-4-16(12-22)8-9-25)10-20(14-21)18-5-3-6-19(13-18)23(26)27/h2-7,10-14H,8-9,15,25H2,1H3,(H3,26,27). The highest BCUT2D eigenvalue weighted by atomic mass is 16.5. The molecule has 0 bridgehead atoms. The van der Waals surface area contributed by atoms with Crippen molar-refractivity contribution in [3.8, 4) is 16.9 Å². The third-order valence-electron chi connectivity index (χ3n) is 4.66. The predicted molar refractivity (Wildman–Crippen MR) is 118 cm³/mol. The molecule has 0 spiro atoms. The second kappa shape index (κ2) is 9.71. The van der Waals surface area contributed by atoms with Gasteiger partial charge in [0.2, 0.25) is 0 Å². The maximum absolute atomic E-state index is 12.2. The maximum Gasteiger partial charge on any atom is 0.337 e. The molecule has 154 valence electrons. The zero-order chi connectivity index (χ0) is 21.5. The van der Waals surface area contributed by atoms with Crippen LogP contribution >= 0.6 is 0 Å². The molecule has 0 aliphatic carbocycles. The summed E-state index contributed by atoms with van der Waals surface area (Å²) in [5.74, 6) is 0.303. The van der Waals surface area contributed by atoms with Crippen LogP contribution in [0.15, 0.2) is 66.7 Å². The molecule has 5 N–H and O–H groups in total. The molecule has 0 aliphatic rings. The van der Waals surface area contributed by atoms with E-state index >= 15 is 0 Å². The molecule has 0 saturated carbocycles. The molecule has 0 aliphatic heterocycles. The molecule has 0 fully saturated rings. The van der Waals surface area contributed by atoms with E-state index in [1.807, 2.05) is 48.5 Å². The highest BCUT2D eigenvalue weighted by Crippen LogP contribution is 2.25. The Kier molecular flexibility index (Phi) is 6.83. The minimum Gasteiger partial charge on any atom is -0.489 e. The second-order valence-electron chi connectivity index (χ2n) is 6.88. The fraction of sp³-hybridized carbons (Fsp3) is 0.167. The quantitative estimate of drug-likeness (QED) is 0.303. The number of esters is 1. The van der Waals surface area contributed by atoms with Crippen LogP contribution in [0.1, 0.15) is 27.0 Å². The van der Waals surface area contributed by atoms with Gasteiger partial charge in [0.1, 0.15) is 18.2 Å². The van der Waals surface area contributed by atoms with Crippen molar-refractivity contribution in [2.45, 2.75) is 13.0 Å². The van der Waals surface area contributed by atoms with Crippen LogP contribution in [-0.2, 0) is 17.8 Å². The number of nitrogen functional groups attached to an aromatic ring is 1. The maximum atomic E-state index is 12.2. The van der Waals surface area contributed by atoms with Crippen LogP contribution in [0, 0.1) is 5.41 Å². The first kappa shape index (κ1) is 21.1. The largest absolute Gasteiger partial charge is 0.489 e. The van der Waals surface area contributed by atoms with Crippen molar-refractivity contribution in [3.05, 3.63) is 89.0 Å². The molecule has 3 aromatic rings. The summed E-state index contributed by atoms with van der Waals surface area (Å²) in [5, 5.41) is 7.66. The summed E-state index contributed by atoms with van der Waals surface area (Å²) in [7, 11) is 1.35. The molecule has 0 atom stereocenters. The third kappa shape index (κ3) is 5.24. The van der Waals surface area contributed by atoms with Crippen molar-refractivity contribution in [1.29, 1.82) is 5.41 Å². The van der Waals surface area contributed by atoms with E-state index in [0.717, 1.165) is 34.4 Å². The number of benzene rings is 3. The normalized spacial score (nSPS) is 10.5. The average Bonchev–Trinajstić information content (AvgIpc) is 2.77. The van der Waals surface area contributed by atoms with Crippen LogP contribution in [0.4, 0.5) is 0 Å². The SMILES string of the molecule is COC(=O)c1cc(COc2cccc(CCN)c2)cc(-c2cccc(C(=N)N)c2)c1.